The van der Waals surface area contributed by atoms with Gasteiger partial charge < -0.3 is 4.90 Å². The number of aromatic nitrogens is 1. The SMILES string of the molecule is Cc1cccc(Cc2csc(N3CCN(S(=O)(=O)c4cc(Cl)cc(Cl)c4)CC3)n2)c1. The predicted octanol–water partition coefficient (Wildman–Crippen LogP) is 4.86. The maximum absolute atomic E-state index is 12.9. The van der Waals surface area contributed by atoms with Crippen LogP contribution in [0, 0.1) is 6.92 Å². The zero-order valence-corrected chi connectivity index (χ0v) is 19.5. The smallest absolute Gasteiger partial charge is 0.243 e. The highest BCUT2D eigenvalue weighted by Crippen LogP contribution is 2.28. The maximum Gasteiger partial charge on any atom is 0.243 e. The number of sulfonamides is 1. The Morgan fingerprint density at radius 3 is 2.40 bits per heavy atom. The highest BCUT2D eigenvalue weighted by molar-refractivity contribution is 7.89. The normalized spacial score (nSPS) is 15.5. The molecule has 5 nitrogen and oxygen atoms in total. The van der Waals surface area contributed by atoms with Gasteiger partial charge in [0.05, 0.1) is 10.6 Å². The first-order valence-corrected chi connectivity index (χ1v) is 12.6. The standard InChI is InChI=1S/C21H21Cl2N3O2S2/c1-15-3-2-4-16(9-15)10-19-14-29-21(24-19)25-5-7-26(8-6-25)30(27,28)20-12-17(22)11-18(23)13-20/h2-4,9,11-14H,5-8,10H2,1H3. The summed E-state index contributed by atoms with van der Waals surface area (Å²) in [6.07, 6.45) is 0.794. The van der Waals surface area contributed by atoms with E-state index in [1.165, 1.54) is 33.6 Å². The highest BCUT2D eigenvalue weighted by atomic mass is 35.5. The van der Waals surface area contributed by atoms with E-state index >= 15 is 0 Å². The molecule has 0 bridgehead atoms. The molecular weight excluding hydrogens is 461 g/mol. The Labute approximate surface area is 190 Å². The van der Waals surface area contributed by atoms with Gasteiger partial charge in [0, 0.05) is 48.0 Å². The van der Waals surface area contributed by atoms with Crippen molar-refractivity contribution in [2.75, 3.05) is 31.1 Å². The molecule has 158 valence electrons. The van der Waals surface area contributed by atoms with Crippen molar-refractivity contribution < 1.29 is 8.42 Å². The largest absolute Gasteiger partial charge is 0.345 e. The molecule has 0 aliphatic carbocycles. The summed E-state index contributed by atoms with van der Waals surface area (Å²) in [5, 5.41) is 3.63. The maximum atomic E-state index is 12.9. The molecule has 0 unspecified atom stereocenters. The van der Waals surface area contributed by atoms with Crippen LogP contribution in [0.3, 0.4) is 0 Å². The van der Waals surface area contributed by atoms with Gasteiger partial charge in [-0.3, -0.25) is 0 Å². The summed E-state index contributed by atoms with van der Waals surface area (Å²) in [5.41, 5.74) is 3.51. The molecule has 1 aromatic heterocycles. The molecule has 1 fully saturated rings. The van der Waals surface area contributed by atoms with Gasteiger partial charge in [0.2, 0.25) is 10.0 Å². The molecule has 4 rings (SSSR count). The molecule has 1 aliphatic heterocycles. The first kappa shape index (κ1) is 21.6. The van der Waals surface area contributed by atoms with Crippen LogP contribution in [0.25, 0.3) is 0 Å². The van der Waals surface area contributed by atoms with Crippen molar-refractivity contribution in [1.29, 1.82) is 0 Å². The first-order chi connectivity index (χ1) is 14.3. The van der Waals surface area contributed by atoms with Gasteiger partial charge in [-0.2, -0.15) is 4.31 Å². The van der Waals surface area contributed by atoms with Gasteiger partial charge >= 0.3 is 0 Å². The quantitative estimate of drug-likeness (QED) is 0.521. The van der Waals surface area contributed by atoms with E-state index in [0.29, 0.717) is 36.2 Å². The lowest BCUT2D eigenvalue weighted by molar-refractivity contribution is 0.384. The third-order valence-electron chi connectivity index (χ3n) is 4.99. The summed E-state index contributed by atoms with van der Waals surface area (Å²) in [4.78, 5) is 7.04. The lowest BCUT2D eigenvalue weighted by atomic mass is 10.1. The average molecular weight is 482 g/mol. The fourth-order valence-electron chi connectivity index (χ4n) is 3.50. The van der Waals surface area contributed by atoms with E-state index < -0.39 is 10.0 Å². The Morgan fingerprint density at radius 2 is 1.73 bits per heavy atom. The molecule has 0 amide bonds. The van der Waals surface area contributed by atoms with Crippen LogP contribution in [0.2, 0.25) is 10.0 Å². The third-order valence-corrected chi connectivity index (χ3v) is 8.25. The number of hydrogen-bond acceptors (Lipinski definition) is 5. The van der Waals surface area contributed by atoms with Crippen LogP contribution in [-0.4, -0.2) is 43.9 Å². The second kappa shape index (κ2) is 8.85. The van der Waals surface area contributed by atoms with Crippen molar-refractivity contribution in [3.05, 3.63) is 74.7 Å². The summed E-state index contributed by atoms with van der Waals surface area (Å²) < 4.78 is 27.4. The van der Waals surface area contributed by atoms with Crippen LogP contribution in [-0.2, 0) is 16.4 Å². The summed E-state index contributed by atoms with van der Waals surface area (Å²) in [6.45, 7) is 4.04. The minimum Gasteiger partial charge on any atom is -0.345 e. The van der Waals surface area contributed by atoms with Gasteiger partial charge in [0.1, 0.15) is 0 Å². The van der Waals surface area contributed by atoms with E-state index in [9.17, 15) is 8.42 Å². The molecule has 1 saturated heterocycles. The molecule has 2 heterocycles. The number of hydrogen-bond donors (Lipinski definition) is 0. The van der Waals surface area contributed by atoms with Crippen LogP contribution in [0.5, 0.6) is 0 Å². The molecule has 0 atom stereocenters. The van der Waals surface area contributed by atoms with Gasteiger partial charge in [0.15, 0.2) is 5.13 Å². The van der Waals surface area contributed by atoms with E-state index in [1.807, 2.05) is 0 Å². The minimum absolute atomic E-state index is 0.128. The number of nitrogens with zero attached hydrogens (tertiary/aromatic N) is 3. The van der Waals surface area contributed by atoms with Crippen LogP contribution >= 0.6 is 34.5 Å². The van der Waals surface area contributed by atoms with Crippen LogP contribution in [0.4, 0.5) is 5.13 Å². The lowest BCUT2D eigenvalue weighted by Gasteiger charge is -2.33. The van der Waals surface area contributed by atoms with Gasteiger partial charge in [-0.05, 0) is 30.7 Å². The number of anilines is 1. The Hall–Kier alpha value is -1.64. The zero-order valence-electron chi connectivity index (χ0n) is 16.4. The predicted molar refractivity (Wildman–Crippen MR) is 124 cm³/mol. The topological polar surface area (TPSA) is 53.5 Å². The molecule has 0 saturated carbocycles. The van der Waals surface area contributed by atoms with Crippen LogP contribution in [0.1, 0.15) is 16.8 Å². The fourth-order valence-corrected chi connectivity index (χ4v) is 6.53. The minimum atomic E-state index is -3.63. The second-order valence-electron chi connectivity index (χ2n) is 7.28. The fraction of sp³-hybridized carbons (Fsp3) is 0.286. The van der Waals surface area contributed by atoms with Gasteiger partial charge in [0.25, 0.3) is 0 Å². The number of aryl methyl sites for hydroxylation is 1. The molecule has 0 radical (unpaired) electrons. The number of rotatable bonds is 5. The monoisotopic (exact) mass is 481 g/mol. The summed E-state index contributed by atoms with van der Waals surface area (Å²) in [6, 6.07) is 12.8. The second-order valence-corrected chi connectivity index (χ2v) is 10.9. The Bertz CT molecular complexity index is 1140. The van der Waals surface area contributed by atoms with Crippen molar-refractivity contribution in [2.45, 2.75) is 18.2 Å². The number of thiazole rings is 1. The third kappa shape index (κ3) is 4.81. The first-order valence-electron chi connectivity index (χ1n) is 9.52. The van der Waals surface area contributed by atoms with Crippen molar-refractivity contribution in [2.24, 2.45) is 0 Å². The van der Waals surface area contributed by atoms with Crippen molar-refractivity contribution in [3.63, 3.8) is 0 Å². The van der Waals surface area contributed by atoms with Crippen molar-refractivity contribution >= 4 is 49.7 Å². The molecule has 0 N–H and O–H groups in total. The van der Waals surface area contributed by atoms with Crippen molar-refractivity contribution in [3.8, 4) is 0 Å². The van der Waals surface area contributed by atoms with Gasteiger partial charge in [-0.1, -0.05) is 53.0 Å². The average Bonchev–Trinajstić information content (AvgIpc) is 3.16. The Kier molecular flexibility index (Phi) is 6.36. The lowest BCUT2D eigenvalue weighted by Crippen LogP contribution is -2.48. The summed E-state index contributed by atoms with van der Waals surface area (Å²) in [7, 11) is -3.63. The van der Waals surface area contributed by atoms with Crippen LogP contribution in [0.15, 0.2) is 52.7 Å². The molecular formula is C21H21Cl2N3O2S2. The van der Waals surface area contributed by atoms with Crippen molar-refractivity contribution in [1.82, 2.24) is 9.29 Å². The highest BCUT2D eigenvalue weighted by Gasteiger charge is 2.29. The van der Waals surface area contributed by atoms with E-state index in [2.05, 4.69) is 41.5 Å². The zero-order chi connectivity index (χ0) is 21.3. The van der Waals surface area contributed by atoms with E-state index in [0.717, 1.165) is 17.2 Å². The summed E-state index contributed by atoms with van der Waals surface area (Å²) >= 11 is 13.6. The number of halogens is 2. The molecule has 2 aromatic carbocycles. The van der Waals surface area contributed by atoms with Gasteiger partial charge in [-0.15, -0.1) is 11.3 Å². The van der Waals surface area contributed by atoms with E-state index in [4.69, 9.17) is 28.2 Å². The van der Waals surface area contributed by atoms with Gasteiger partial charge in [-0.25, -0.2) is 13.4 Å². The number of piperazine rings is 1. The molecule has 0 spiro atoms. The molecule has 30 heavy (non-hydrogen) atoms. The molecule has 1 aliphatic rings. The molecule has 3 aromatic rings. The Morgan fingerprint density at radius 1 is 1.03 bits per heavy atom. The van der Waals surface area contributed by atoms with E-state index in [1.54, 1.807) is 11.3 Å². The number of benzene rings is 2. The Balaban J connectivity index is 1.42. The molecule has 9 heteroatoms. The summed E-state index contributed by atoms with van der Waals surface area (Å²) in [5.74, 6) is 0. The van der Waals surface area contributed by atoms with Crippen LogP contribution < -0.4 is 4.90 Å². The van der Waals surface area contributed by atoms with E-state index in [-0.39, 0.29) is 4.90 Å².